The molecule has 7 nitrogen and oxygen atoms in total. The summed E-state index contributed by atoms with van der Waals surface area (Å²) in [6.45, 7) is 0. The molecule has 1 aromatic heterocycles. The van der Waals surface area contributed by atoms with Crippen LogP contribution in [0.15, 0.2) is 40.5 Å². The monoisotopic (exact) mass is 313 g/mol. The first-order valence-electron chi connectivity index (χ1n) is 5.38. The Labute approximate surface area is 116 Å². The average molecular weight is 313 g/mol. The van der Waals surface area contributed by atoms with Crippen LogP contribution < -0.4 is 0 Å². The van der Waals surface area contributed by atoms with Crippen molar-refractivity contribution in [2.45, 2.75) is 10.1 Å². The largest absolute Gasteiger partial charge is 0.267 e. The van der Waals surface area contributed by atoms with Crippen molar-refractivity contribution < 1.29 is 16.8 Å². The van der Waals surface area contributed by atoms with Crippen molar-refractivity contribution in [1.82, 2.24) is 15.2 Å². The van der Waals surface area contributed by atoms with Gasteiger partial charge in [-0.05, 0) is 12.1 Å². The third-order valence-electron chi connectivity index (χ3n) is 2.45. The van der Waals surface area contributed by atoms with Crippen LogP contribution in [0.2, 0.25) is 0 Å². The lowest BCUT2D eigenvalue weighted by molar-refractivity contribution is 0.589. The van der Waals surface area contributed by atoms with E-state index in [-0.39, 0.29) is 10.1 Å². The lowest BCUT2D eigenvalue weighted by Crippen LogP contribution is -2.06. The molecular weight excluding hydrogens is 302 g/mol. The van der Waals surface area contributed by atoms with Crippen LogP contribution in [0.3, 0.4) is 0 Å². The Morgan fingerprint density at radius 3 is 2.00 bits per heavy atom. The Kier molecular flexibility index (Phi) is 3.57. The fourth-order valence-corrected chi connectivity index (χ4v) is 2.55. The predicted octanol–water partition coefficient (Wildman–Crippen LogP) is 0.346. The van der Waals surface area contributed by atoms with Gasteiger partial charge in [0.25, 0.3) is 5.16 Å². The first kappa shape index (κ1) is 14.5. The summed E-state index contributed by atoms with van der Waals surface area (Å²) >= 11 is 0. The van der Waals surface area contributed by atoms with Crippen LogP contribution in [0.5, 0.6) is 0 Å². The van der Waals surface area contributed by atoms with Gasteiger partial charge >= 0.3 is 0 Å². The highest BCUT2D eigenvalue weighted by Crippen LogP contribution is 2.19. The molecule has 1 aromatic carbocycles. The van der Waals surface area contributed by atoms with Crippen molar-refractivity contribution >= 4 is 19.7 Å². The molecule has 2 rings (SSSR count). The second kappa shape index (κ2) is 4.91. The molecule has 0 aliphatic carbocycles. The number of benzene rings is 1. The SMILES string of the molecule is CS(=O)(=O)c1ccc(-c2cnnc(S(C)(=O)=O)n2)cc1. The quantitative estimate of drug-likeness (QED) is 0.804. The van der Waals surface area contributed by atoms with Gasteiger partial charge in [-0.15, -0.1) is 5.10 Å². The van der Waals surface area contributed by atoms with E-state index in [0.717, 1.165) is 12.5 Å². The number of nitrogens with zero attached hydrogens (tertiary/aromatic N) is 3. The summed E-state index contributed by atoms with van der Waals surface area (Å²) in [6, 6.07) is 5.92. The van der Waals surface area contributed by atoms with E-state index < -0.39 is 19.7 Å². The molecule has 0 amide bonds. The Bertz CT molecular complexity index is 843. The molecule has 0 aliphatic heterocycles. The van der Waals surface area contributed by atoms with Gasteiger partial charge in [0.15, 0.2) is 9.84 Å². The van der Waals surface area contributed by atoms with E-state index in [0.29, 0.717) is 11.3 Å². The van der Waals surface area contributed by atoms with Crippen LogP contribution in [0.4, 0.5) is 0 Å². The maximum Gasteiger partial charge on any atom is 0.267 e. The van der Waals surface area contributed by atoms with Crippen LogP contribution in [0.1, 0.15) is 0 Å². The van der Waals surface area contributed by atoms with Gasteiger partial charge in [0.1, 0.15) is 0 Å². The molecule has 0 N–H and O–H groups in total. The highest BCUT2D eigenvalue weighted by atomic mass is 32.2. The van der Waals surface area contributed by atoms with Crippen LogP contribution in [-0.4, -0.2) is 44.5 Å². The number of rotatable bonds is 3. The Morgan fingerprint density at radius 1 is 0.900 bits per heavy atom. The lowest BCUT2D eigenvalue weighted by Gasteiger charge is -2.03. The van der Waals surface area contributed by atoms with E-state index in [9.17, 15) is 16.8 Å². The third kappa shape index (κ3) is 3.17. The number of hydrogen-bond acceptors (Lipinski definition) is 7. The van der Waals surface area contributed by atoms with Gasteiger partial charge in [-0.1, -0.05) is 12.1 Å². The van der Waals surface area contributed by atoms with Crippen LogP contribution in [-0.2, 0) is 19.7 Å². The molecule has 20 heavy (non-hydrogen) atoms. The molecule has 0 saturated heterocycles. The van der Waals surface area contributed by atoms with E-state index in [2.05, 4.69) is 15.2 Å². The minimum atomic E-state index is -3.55. The molecule has 0 spiro atoms. The zero-order chi connectivity index (χ0) is 15.0. The maximum atomic E-state index is 11.4. The summed E-state index contributed by atoms with van der Waals surface area (Å²) in [6.07, 6.45) is 3.40. The van der Waals surface area contributed by atoms with Gasteiger partial charge in [0.05, 0.1) is 16.8 Å². The van der Waals surface area contributed by atoms with E-state index in [1.54, 1.807) is 0 Å². The third-order valence-corrected chi connectivity index (χ3v) is 4.41. The van der Waals surface area contributed by atoms with E-state index in [4.69, 9.17) is 0 Å². The zero-order valence-electron chi connectivity index (χ0n) is 10.7. The molecule has 0 unspecified atom stereocenters. The van der Waals surface area contributed by atoms with Crippen molar-refractivity contribution in [2.75, 3.05) is 12.5 Å². The summed E-state index contributed by atoms with van der Waals surface area (Å²) in [5.41, 5.74) is 0.859. The number of sulfone groups is 2. The smallest absolute Gasteiger partial charge is 0.224 e. The molecule has 0 saturated carbocycles. The van der Waals surface area contributed by atoms with Crippen molar-refractivity contribution in [2.24, 2.45) is 0 Å². The summed E-state index contributed by atoms with van der Waals surface area (Å²) in [4.78, 5) is 4.07. The minimum Gasteiger partial charge on any atom is -0.224 e. The fraction of sp³-hybridized carbons (Fsp3) is 0.182. The van der Waals surface area contributed by atoms with Crippen LogP contribution in [0.25, 0.3) is 11.3 Å². The molecule has 0 fully saturated rings. The van der Waals surface area contributed by atoms with Gasteiger partial charge in [-0.2, -0.15) is 5.10 Å². The van der Waals surface area contributed by atoms with Gasteiger partial charge in [-0.25, -0.2) is 21.8 Å². The highest BCUT2D eigenvalue weighted by molar-refractivity contribution is 7.90. The molecule has 0 radical (unpaired) electrons. The van der Waals surface area contributed by atoms with Gasteiger partial charge in [-0.3, -0.25) is 0 Å². The molecule has 0 bridgehead atoms. The van der Waals surface area contributed by atoms with Crippen LogP contribution >= 0.6 is 0 Å². The summed E-state index contributed by atoms with van der Waals surface area (Å²) in [5, 5.41) is 6.66. The van der Waals surface area contributed by atoms with Gasteiger partial charge in [0, 0.05) is 18.1 Å². The molecule has 0 atom stereocenters. The molecular formula is C11H11N3O4S2. The number of aromatic nitrogens is 3. The second-order valence-electron chi connectivity index (χ2n) is 4.19. The lowest BCUT2D eigenvalue weighted by atomic mass is 10.2. The van der Waals surface area contributed by atoms with Crippen molar-refractivity contribution in [3.05, 3.63) is 30.5 Å². The van der Waals surface area contributed by atoms with E-state index in [1.807, 2.05) is 0 Å². The first-order valence-corrected chi connectivity index (χ1v) is 9.16. The Balaban J connectivity index is 2.48. The molecule has 9 heteroatoms. The minimum absolute atomic E-state index is 0.173. The first-order chi connectivity index (χ1) is 9.18. The maximum absolute atomic E-state index is 11.4. The normalized spacial score (nSPS) is 12.3. The average Bonchev–Trinajstić information content (AvgIpc) is 2.37. The van der Waals surface area contributed by atoms with Crippen LogP contribution in [0, 0.1) is 0 Å². The van der Waals surface area contributed by atoms with Crippen molar-refractivity contribution in [1.29, 1.82) is 0 Å². The summed E-state index contributed by atoms with van der Waals surface area (Å²) in [7, 11) is -6.82. The molecule has 2 aromatic rings. The molecule has 1 heterocycles. The summed E-state index contributed by atoms with van der Waals surface area (Å²) in [5.74, 6) is 0. The number of hydrogen-bond donors (Lipinski definition) is 0. The van der Waals surface area contributed by atoms with Gasteiger partial charge < -0.3 is 0 Å². The van der Waals surface area contributed by atoms with Crippen molar-refractivity contribution in [3.8, 4) is 11.3 Å². The summed E-state index contributed by atoms with van der Waals surface area (Å²) < 4.78 is 45.4. The Morgan fingerprint density at radius 2 is 1.50 bits per heavy atom. The fourth-order valence-electron chi connectivity index (χ4n) is 1.46. The standard InChI is InChI=1S/C11H11N3O4S2/c1-19(15,16)9-5-3-8(4-6-9)10-7-12-14-11(13-10)20(2,17)18/h3-7H,1-2H3. The van der Waals surface area contributed by atoms with Crippen molar-refractivity contribution in [3.63, 3.8) is 0 Å². The highest BCUT2D eigenvalue weighted by Gasteiger charge is 2.13. The van der Waals surface area contributed by atoms with E-state index in [1.165, 1.54) is 30.5 Å². The molecule has 106 valence electrons. The second-order valence-corrected chi connectivity index (χ2v) is 8.12. The van der Waals surface area contributed by atoms with Gasteiger partial charge in [0.2, 0.25) is 9.84 Å². The predicted molar refractivity (Wildman–Crippen MR) is 71.5 cm³/mol. The van der Waals surface area contributed by atoms with E-state index >= 15 is 0 Å². The molecule has 0 aliphatic rings. The Hall–Kier alpha value is -1.87. The topological polar surface area (TPSA) is 107 Å². The zero-order valence-corrected chi connectivity index (χ0v) is 12.3.